The molecule has 4 nitrogen and oxygen atoms in total. The van der Waals surface area contributed by atoms with Crippen molar-refractivity contribution in [1.82, 2.24) is 9.97 Å². The molecule has 0 spiro atoms. The van der Waals surface area contributed by atoms with Crippen LogP contribution in [0.15, 0.2) is 17.0 Å². The largest absolute Gasteiger partial charge is 0.389 e. The first-order valence-electron chi connectivity index (χ1n) is 5.85. The Balaban J connectivity index is 2.40. The van der Waals surface area contributed by atoms with Crippen LogP contribution in [0.25, 0.3) is 0 Å². The van der Waals surface area contributed by atoms with Crippen molar-refractivity contribution in [2.75, 3.05) is 11.9 Å². The van der Waals surface area contributed by atoms with Gasteiger partial charge in [-0.15, -0.1) is 11.3 Å². The maximum Gasteiger partial charge on any atom is 0.139 e. The zero-order chi connectivity index (χ0) is 14.0. The normalized spacial score (nSPS) is 10.5. The fourth-order valence-corrected chi connectivity index (χ4v) is 2.83. The molecule has 0 bridgehead atoms. The van der Waals surface area contributed by atoms with E-state index in [9.17, 15) is 0 Å². The highest BCUT2D eigenvalue weighted by Gasteiger charge is 2.15. The van der Waals surface area contributed by atoms with Gasteiger partial charge in [-0.2, -0.15) is 0 Å². The number of hydrogen-bond acceptors (Lipinski definition) is 5. The van der Waals surface area contributed by atoms with Gasteiger partial charge in [0.15, 0.2) is 0 Å². The van der Waals surface area contributed by atoms with Crippen LogP contribution >= 0.6 is 23.6 Å². The van der Waals surface area contributed by atoms with E-state index in [1.54, 1.807) is 11.3 Å². The van der Waals surface area contributed by atoms with E-state index in [2.05, 4.69) is 9.97 Å². The van der Waals surface area contributed by atoms with Gasteiger partial charge in [0.05, 0.1) is 23.3 Å². The molecule has 0 atom stereocenters. The maximum absolute atomic E-state index is 5.83. The van der Waals surface area contributed by atoms with Crippen LogP contribution in [0, 0.1) is 13.8 Å². The quantitative estimate of drug-likeness (QED) is 0.877. The summed E-state index contributed by atoms with van der Waals surface area (Å²) < 4.78 is 0. The summed E-state index contributed by atoms with van der Waals surface area (Å²) in [6.07, 6.45) is 0. The predicted molar refractivity (Wildman–Crippen MR) is 83.8 cm³/mol. The zero-order valence-corrected chi connectivity index (χ0v) is 12.8. The summed E-state index contributed by atoms with van der Waals surface area (Å²) in [6, 6.07) is 1.99. The van der Waals surface area contributed by atoms with E-state index in [0.29, 0.717) is 11.5 Å². The van der Waals surface area contributed by atoms with Gasteiger partial charge in [-0.05, 0) is 25.5 Å². The lowest BCUT2D eigenvalue weighted by atomic mass is 10.1. The Kier molecular flexibility index (Phi) is 4.11. The monoisotopic (exact) mass is 292 g/mol. The number of anilines is 1. The molecule has 19 heavy (non-hydrogen) atoms. The molecule has 0 fully saturated rings. The highest BCUT2D eigenvalue weighted by molar-refractivity contribution is 7.80. The Labute approximate surface area is 122 Å². The van der Waals surface area contributed by atoms with E-state index < -0.39 is 0 Å². The van der Waals surface area contributed by atoms with Gasteiger partial charge < -0.3 is 10.6 Å². The molecule has 0 amide bonds. The second-order valence-electron chi connectivity index (χ2n) is 4.48. The molecule has 0 aliphatic rings. The summed E-state index contributed by atoms with van der Waals surface area (Å²) in [4.78, 5) is 11.3. The lowest BCUT2D eigenvalue weighted by Crippen LogP contribution is -2.24. The Morgan fingerprint density at radius 3 is 2.79 bits per heavy atom. The number of nitrogens with zero attached hydrogens (tertiary/aromatic N) is 3. The maximum atomic E-state index is 5.83. The standard InChI is InChI=1S/C13H16N4S2/c1-8-4-9(2)16-13(11(8)12(14)18)17(3)5-10-6-19-7-15-10/h4,6-7H,5H2,1-3H3,(H2,14,18). The van der Waals surface area contributed by atoms with Gasteiger partial charge in [-0.1, -0.05) is 12.2 Å². The number of aryl methyl sites for hydroxylation is 2. The highest BCUT2D eigenvalue weighted by Crippen LogP contribution is 2.23. The molecule has 0 saturated carbocycles. The third-order valence-electron chi connectivity index (χ3n) is 2.82. The summed E-state index contributed by atoms with van der Waals surface area (Å²) >= 11 is 6.73. The van der Waals surface area contributed by atoms with Gasteiger partial charge in [0, 0.05) is 18.1 Å². The Bertz CT molecular complexity index is 593. The lowest BCUT2D eigenvalue weighted by Gasteiger charge is -2.22. The number of thiocarbonyl (C=S) groups is 1. The Morgan fingerprint density at radius 2 is 2.21 bits per heavy atom. The number of rotatable bonds is 4. The Hall–Kier alpha value is -1.53. The summed E-state index contributed by atoms with van der Waals surface area (Å²) in [5.74, 6) is 0.818. The molecule has 2 N–H and O–H groups in total. The minimum Gasteiger partial charge on any atom is -0.389 e. The fourth-order valence-electron chi connectivity index (χ4n) is 2.03. The first-order chi connectivity index (χ1) is 8.99. The number of nitrogens with two attached hydrogens (primary N) is 1. The molecular weight excluding hydrogens is 276 g/mol. The zero-order valence-electron chi connectivity index (χ0n) is 11.2. The molecule has 2 aromatic heterocycles. The van der Waals surface area contributed by atoms with E-state index >= 15 is 0 Å². The van der Waals surface area contributed by atoms with Gasteiger partial charge in [0.25, 0.3) is 0 Å². The van der Waals surface area contributed by atoms with Crippen LogP contribution in [0.4, 0.5) is 5.82 Å². The van der Waals surface area contributed by atoms with Crippen molar-refractivity contribution in [1.29, 1.82) is 0 Å². The molecule has 0 radical (unpaired) electrons. The second-order valence-corrected chi connectivity index (χ2v) is 5.64. The van der Waals surface area contributed by atoms with Crippen molar-refractivity contribution >= 4 is 34.4 Å². The van der Waals surface area contributed by atoms with Crippen molar-refractivity contribution < 1.29 is 0 Å². The predicted octanol–water partition coefficient (Wildman–Crippen LogP) is 2.43. The van der Waals surface area contributed by atoms with Crippen molar-refractivity contribution in [2.24, 2.45) is 5.73 Å². The van der Waals surface area contributed by atoms with E-state index in [-0.39, 0.29) is 0 Å². The number of thiazole rings is 1. The van der Waals surface area contributed by atoms with Gasteiger partial charge >= 0.3 is 0 Å². The third kappa shape index (κ3) is 3.08. The van der Waals surface area contributed by atoms with Crippen molar-refractivity contribution in [2.45, 2.75) is 20.4 Å². The number of aromatic nitrogens is 2. The topological polar surface area (TPSA) is 55.0 Å². The van der Waals surface area contributed by atoms with Gasteiger partial charge in [0.2, 0.25) is 0 Å². The van der Waals surface area contributed by atoms with E-state index in [0.717, 1.165) is 28.3 Å². The average molecular weight is 292 g/mol. The van der Waals surface area contributed by atoms with Crippen LogP contribution in [0.3, 0.4) is 0 Å². The average Bonchev–Trinajstić information content (AvgIpc) is 2.79. The summed E-state index contributed by atoms with van der Waals surface area (Å²) in [5, 5.41) is 2.03. The number of pyridine rings is 1. The minimum absolute atomic E-state index is 0.380. The van der Waals surface area contributed by atoms with Crippen LogP contribution in [0.2, 0.25) is 0 Å². The molecule has 0 aromatic carbocycles. The summed E-state index contributed by atoms with van der Waals surface area (Å²) in [5.41, 5.74) is 11.5. The SMILES string of the molecule is Cc1cc(C)c(C(N)=S)c(N(C)Cc2cscn2)n1. The van der Waals surface area contributed by atoms with E-state index in [1.165, 1.54) is 0 Å². The first kappa shape index (κ1) is 13.9. The summed E-state index contributed by atoms with van der Waals surface area (Å²) in [6.45, 7) is 4.66. The smallest absolute Gasteiger partial charge is 0.139 e. The van der Waals surface area contributed by atoms with Crippen molar-refractivity contribution in [3.05, 3.63) is 39.5 Å². The lowest BCUT2D eigenvalue weighted by molar-refractivity contribution is 0.866. The molecular formula is C13H16N4S2. The van der Waals surface area contributed by atoms with Gasteiger partial charge in [-0.3, -0.25) is 0 Å². The second kappa shape index (κ2) is 5.63. The molecule has 2 heterocycles. The molecule has 0 unspecified atom stereocenters. The van der Waals surface area contributed by atoms with Crippen LogP contribution in [-0.4, -0.2) is 22.0 Å². The van der Waals surface area contributed by atoms with E-state index in [1.807, 2.05) is 42.8 Å². The van der Waals surface area contributed by atoms with Gasteiger partial charge in [-0.25, -0.2) is 9.97 Å². The fraction of sp³-hybridized carbons (Fsp3) is 0.308. The highest BCUT2D eigenvalue weighted by atomic mass is 32.1. The van der Waals surface area contributed by atoms with Crippen molar-refractivity contribution in [3.63, 3.8) is 0 Å². The molecule has 0 saturated heterocycles. The molecule has 2 aromatic rings. The third-order valence-corrected chi connectivity index (χ3v) is 3.66. The first-order valence-corrected chi connectivity index (χ1v) is 7.20. The van der Waals surface area contributed by atoms with Crippen molar-refractivity contribution in [3.8, 4) is 0 Å². The minimum atomic E-state index is 0.380. The van der Waals surface area contributed by atoms with Crippen LogP contribution in [0.1, 0.15) is 22.5 Å². The number of hydrogen-bond donors (Lipinski definition) is 1. The molecule has 6 heteroatoms. The summed E-state index contributed by atoms with van der Waals surface area (Å²) in [7, 11) is 1.97. The molecule has 0 aliphatic carbocycles. The molecule has 0 aliphatic heterocycles. The van der Waals surface area contributed by atoms with Crippen LogP contribution in [0.5, 0.6) is 0 Å². The van der Waals surface area contributed by atoms with E-state index in [4.69, 9.17) is 18.0 Å². The molecule has 100 valence electrons. The van der Waals surface area contributed by atoms with Crippen LogP contribution < -0.4 is 10.6 Å². The molecule has 2 rings (SSSR count). The van der Waals surface area contributed by atoms with Gasteiger partial charge in [0.1, 0.15) is 10.8 Å². The van der Waals surface area contributed by atoms with Crippen LogP contribution in [-0.2, 0) is 6.54 Å². The Morgan fingerprint density at radius 1 is 1.47 bits per heavy atom.